The van der Waals surface area contributed by atoms with Crippen LogP contribution in [0.1, 0.15) is 5.82 Å². The zero-order valence-electron chi connectivity index (χ0n) is 12.9. The maximum absolute atomic E-state index is 13.7. The van der Waals surface area contributed by atoms with Crippen LogP contribution in [0.2, 0.25) is 0 Å². The molecule has 0 bridgehead atoms. The molecule has 0 atom stereocenters. The smallest absolute Gasteiger partial charge is 0.233 e. The number of hydrogen-bond acceptors (Lipinski definition) is 4. The molecule has 1 aromatic carbocycles. The molecule has 0 unspecified atom stereocenters. The lowest BCUT2D eigenvalue weighted by Crippen LogP contribution is -2.36. The van der Waals surface area contributed by atoms with Crippen molar-refractivity contribution >= 4 is 16.9 Å². The van der Waals surface area contributed by atoms with E-state index >= 15 is 0 Å². The summed E-state index contributed by atoms with van der Waals surface area (Å²) in [7, 11) is 3.46. The number of carbonyl (C=O) groups excluding carboxylic acids is 1. The maximum atomic E-state index is 13.7. The van der Waals surface area contributed by atoms with E-state index in [1.54, 1.807) is 13.2 Å². The van der Waals surface area contributed by atoms with Gasteiger partial charge in [0.25, 0.3) is 0 Å². The van der Waals surface area contributed by atoms with Crippen LogP contribution in [0.4, 0.5) is 4.39 Å². The van der Waals surface area contributed by atoms with E-state index in [0.29, 0.717) is 31.6 Å². The number of aryl methyl sites for hydroxylation is 1. The van der Waals surface area contributed by atoms with Crippen molar-refractivity contribution in [3.05, 3.63) is 29.8 Å². The maximum Gasteiger partial charge on any atom is 0.233 e. The number of amides is 1. The quantitative estimate of drug-likeness (QED) is 0.701. The van der Waals surface area contributed by atoms with Gasteiger partial charge in [0.15, 0.2) is 5.82 Å². The number of fused-ring (bicyclic) bond motifs is 1. The molecule has 0 spiro atoms. The Morgan fingerprint density at radius 3 is 2.95 bits per heavy atom. The number of carbonyl (C=O) groups is 1. The molecule has 0 saturated heterocycles. The van der Waals surface area contributed by atoms with Crippen LogP contribution in [-0.4, -0.2) is 48.8 Å². The van der Waals surface area contributed by atoms with Gasteiger partial charge in [-0.15, -0.1) is 0 Å². The van der Waals surface area contributed by atoms with Gasteiger partial charge in [0.1, 0.15) is 11.3 Å². The van der Waals surface area contributed by atoms with Gasteiger partial charge in [0.2, 0.25) is 5.91 Å². The number of benzene rings is 1. The highest BCUT2D eigenvalue weighted by Crippen LogP contribution is 2.17. The molecule has 120 valence electrons. The second-order valence-electron chi connectivity index (χ2n) is 4.96. The Labute approximate surface area is 128 Å². The minimum Gasteiger partial charge on any atom is -0.383 e. The van der Waals surface area contributed by atoms with Crippen molar-refractivity contribution in [2.24, 2.45) is 7.05 Å². The monoisotopic (exact) mass is 308 g/mol. The van der Waals surface area contributed by atoms with Crippen LogP contribution < -0.4 is 10.6 Å². The minimum absolute atomic E-state index is 0.0824. The van der Waals surface area contributed by atoms with Crippen molar-refractivity contribution in [3.63, 3.8) is 0 Å². The Morgan fingerprint density at radius 1 is 1.41 bits per heavy atom. The molecule has 0 saturated carbocycles. The summed E-state index contributed by atoms with van der Waals surface area (Å²) in [6.07, 6.45) is 0.550. The summed E-state index contributed by atoms with van der Waals surface area (Å²) in [6, 6.07) is 4.89. The zero-order valence-corrected chi connectivity index (χ0v) is 12.9. The second kappa shape index (κ2) is 7.86. The molecule has 2 N–H and O–H groups in total. The molecule has 1 aromatic heterocycles. The molecule has 22 heavy (non-hydrogen) atoms. The summed E-state index contributed by atoms with van der Waals surface area (Å²) in [6.45, 7) is 1.91. The Balaban J connectivity index is 1.83. The van der Waals surface area contributed by atoms with Crippen LogP contribution in [0, 0.1) is 5.82 Å². The fourth-order valence-electron chi connectivity index (χ4n) is 2.20. The molecule has 0 aliphatic carbocycles. The number of methoxy groups -OCH3 is 1. The number of imidazole rings is 1. The van der Waals surface area contributed by atoms with E-state index in [2.05, 4.69) is 15.6 Å². The summed E-state index contributed by atoms with van der Waals surface area (Å²) < 4.78 is 20.4. The molecule has 7 heteroatoms. The Hall–Kier alpha value is -1.99. The molecule has 6 nitrogen and oxygen atoms in total. The third kappa shape index (κ3) is 4.02. The van der Waals surface area contributed by atoms with Crippen LogP contribution in [-0.2, 0) is 23.0 Å². The van der Waals surface area contributed by atoms with Crippen LogP contribution in [0.5, 0.6) is 0 Å². The Morgan fingerprint density at radius 2 is 2.23 bits per heavy atom. The number of nitrogens with zero attached hydrogens (tertiary/aromatic N) is 2. The lowest BCUT2D eigenvalue weighted by molar-refractivity contribution is -0.120. The van der Waals surface area contributed by atoms with Crippen molar-refractivity contribution < 1.29 is 13.9 Å². The highest BCUT2D eigenvalue weighted by molar-refractivity contribution is 5.78. The molecule has 2 aromatic rings. The van der Waals surface area contributed by atoms with Gasteiger partial charge < -0.3 is 19.9 Å². The summed E-state index contributed by atoms with van der Waals surface area (Å²) in [5.41, 5.74) is 1.12. The molecule has 0 radical (unpaired) electrons. The van der Waals surface area contributed by atoms with E-state index in [4.69, 9.17) is 4.74 Å². The molecular weight excluding hydrogens is 287 g/mol. The molecule has 0 fully saturated rings. The highest BCUT2D eigenvalue weighted by atomic mass is 19.1. The van der Waals surface area contributed by atoms with Crippen molar-refractivity contribution in [2.75, 3.05) is 33.4 Å². The van der Waals surface area contributed by atoms with Gasteiger partial charge in [0, 0.05) is 33.7 Å². The second-order valence-corrected chi connectivity index (χ2v) is 4.96. The van der Waals surface area contributed by atoms with Crippen molar-refractivity contribution in [3.8, 4) is 0 Å². The minimum atomic E-state index is -0.328. The normalized spacial score (nSPS) is 11.0. The fourth-order valence-corrected chi connectivity index (χ4v) is 2.20. The van der Waals surface area contributed by atoms with Gasteiger partial charge in [-0.05, 0) is 12.1 Å². The third-order valence-electron chi connectivity index (χ3n) is 3.39. The van der Waals surface area contributed by atoms with Crippen LogP contribution in [0.15, 0.2) is 18.2 Å². The summed E-state index contributed by atoms with van der Waals surface area (Å²) in [4.78, 5) is 15.9. The number of rotatable bonds is 8. The topological polar surface area (TPSA) is 68.2 Å². The fraction of sp³-hybridized carbons (Fsp3) is 0.467. The predicted molar refractivity (Wildman–Crippen MR) is 82.1 cm³/mol. The number of nitrogens with one attached hydrogen (secondary N) is 2. The molecular formula is C15H21FN4O2. The molecule has 0 aliphatic heterocycles. The zero-order chi connectivity index (χ0) is 15.9. The average Bonchev–Trinajstić information content (AvgIpc) is 2.82. The Bertz CT molecular complexity index is 642. The van der Waals surface area contributed by atoms with Gasteiger partial charge in [0.05, 0.1) is 18.7 Å². The lowest BCUT2D eigenvalue weighted by atomic mass is 10.3. The van der Waals surface area contributed by atoms with Crippen LogP contribution in [0.3, 0.4) is 0 Å². The number of hydrogen-bond donors (Lipinski definition) is 2. The summed E-state index contributed by atoms with van der Waals surface area (Å²) in [5.74, 6) is 0.333. The van der Waals surface area contributed by atoms with E-state index in [-0.39, 0.29) is 18.3 Å². The molecule has 0 aliphatic rings. The standard InChI is InChI=1S/C15H21FN4O2/c1-20-12-5-3-4-11(16)15(12)19-13(20)6-7-18-14(21)10-17-8-9-22-2/h3-5,17H,6-10H2,1-2H3,(H,18,21). The first-order valence-corrected chi connectivity index (χ1v) is 7.19. The van der Waals surface area contributed by atoms with Crippen molar-refractivity contribution in [1.29, 1.82) is 0 Å². The Kier molecular flexibility index (Phi) is 5.85. The van der Waals surface area contributed by atoms with Crippen molar-refractivity contribution in [1.82, 2.24) is 20.2 Å². The third-order valence-corrected chi connectivity index (χ3v) is 3.39. The van der Waals surface area contributed by atoms with Crippen LogP contribution >= 0.6 is 0 Å². The van der Waals surface area contributed by atoms with E-state index < -0.39 is 0 Å². The SMILES string of the molecule is COCCNCC(=O)NCCc1nc2c(F)cccc2n1C. The number of ether oxygens (including phenoxy) is 1. The number of para-hydroxylation sites is 1. The van der Waals surface area contributed by atoms with Gasteiger partial charge in [-0.1, -0.05) is 6.07 Å². The first-order chi connectivity index (χ1) is 10.6. The van der Waals surface area contributed by atoms with Gasteiger partial charge >= 0.3 is 0 Å². The van der Waals surface area contributed by atoms with Gasteiger partial charge in [-0.3, -0.25) is 4.79 Å². The highest BCUT2D eigenvalue weighted by Gasteiger charge is 2.11. The summed E-state index contributed by atoms with van der Waals surface area (Å²) in [5, 5.41) is 5.77. The average molecular weight is 308 g/mol. The first kappa shape index (κ1) is 16.4. The molecule has 1 heterocycles. The van der Waals surface area contributed by atoms with Gasteiger partial charge in [-0.25, -0.2) is 9.37 Å². The number of aromatic nitrogens is 2. The molecule has 2 rings (SSSR count). The molecule has 1 amide bonds. The van der Waals surface area contributed by atoms with E-state index in [1.807, 2.05) is 17.7 Å². The summed E-state index contributed by atoms with van der Waals surface area (Å²) >= 11 is 0. The lowest BCUT2D eigenvalue weighted by Gasteiger charge is -2.06. The van der Waals surface area contributed by atoms with E-state index in [0.717, 1.165) is 11.3 Å². The first-order valence-electron chi connectivity index (χ1n) is 7.19. The van der Waals surface area contributed by atoms with E-state index in [9.17, 15) is 9.18 Å². The van der Waals surface area contributed by atoms with Gasteiger partial charge in [-0.2, -0.15) is 0 Å². The van der Waals surface area contributed by atoms with E-state index in [1.165, 1.54) is 6.07 Å². The van der Waals surface area contributed by atoms with Crippen LogP contribution in [0.25, 0.3) is 11.0 Å². The predicted octanol–water partition coefficient (Wildman–Crippen LogP) is 0.607. The number of halogens is 1. The van der Waals surface area contributed by atoms with Crippen molar-refractivity contribution in [2.45, 2.75) is 6.42 Å². The largest absolute Gasteiger partial charge is 0.383 e.